The molecule has 136 valence electrons. The van der Waals surface area contributed by atoms with Gasteiger partial charge in [0, 0.05) is 27.9 Å². The minimum absolute atomic E-state index is 0.106. The van der Waals surface area contributed by atoms with E-state index in [9.17, 15) is 4.79 Å². The van der Waals surface area contributed by atoms with E-state index < -0.39 is 0 Å². The Morgan fingerprint density at radius 2 is 2.00 bits per heavy atom. The summed E-state index contributed by atoms with van der Waals surface area (Å²) in [6.07, 6.45) is 2.81. The van der Waals surface area contributed by atoms with Crippen LogP contribution in [0.5, 0.6) is 0 Å². The largest absolute Gasteiger partial charge is 0.302 e. The minimum Gasteiger partial charge on any atom is -0.302 e. The number of rotatable bonds is 6. The Balaban J connectivity index is 1.34. The van der Waals surface area contributed by atoms with Crippen molar-refractivity contribution in [1.82, 2.24) is 9.97 Å². The molecule has 0 aliphatic heterocycles. The monoisotopic (exact) mass is 431 g/mol. The Hall–Kier alpha value is -2.06. The summed E-state index contributed by atoms with van der Waals surface area (Å²) in [5.41, 5.74) is 1.93. The van der Waals surface area contributed by atoms with Gasteiger partial charge in [0.15, 0.2) is 5.13 Å². The molecule has 4 rings (SSSR count). The van der Waals surface area contributed by atoms with Gasteiger partial charge < -0.3 is 5.32 Å². The van der Waals surface area contributed by atoms with E-state index in [1.807, 2.05) is 47.2 Å². The van der Waals surface area contributed by atoms with Crippen LogP contribution in [-0.4, -0.2) is 15.9 Å². The van der Waals surface area contributed by atoms with Crippen LogP contribution in [0.3, 0.4) is 0 Å². The summed E-state index contributed by atoms with van der Waals surface area (Å²) >= 11 is 10.6. The van der Waals surface area contributed by atoms with Crippen molar-refractivity contribution in [3.8, 4) is 9.88 Å². The molecule has 27 heavy (non-hydrogen) atoms. The summed E-state index contributed by atoms with van der Waals surface area (Å²) < 4.78 is 0. The standard InChI is InChI=1S/C19H14ClN3OS3/c20-13-5-3-12(4-6-13)8-15-10-21-19(27-15)23-17(24)9-14-11-26-18(22-14)16-2-1-7-25-16/h1-7,10-11H,8-9H2,(H,21,23,24). The van der Waals surface area contributed by atoms with Crippen LogP contribution in [0.1, 0.15) is 16.1 Å². The molecule has 8 heteroatoms. The number of nitrogens with zero attached hydrogens (tertiary/aromatic N) is 2. The number of anilines is 1. The van der Waals surface area contributed by atoms with Crippen molar-refractivity contribution in [2.75, 3.05) is 5.32 Å². The third-order valence-corrected chi connectivity index (χ3v) is 6.81. The normalized spacial score (nSPS) is 10.9. The number of hydrogen-bond donors (Lipinski definition) is 1. The van der Waals surface area contributed by atoms with Crippen molar-refractivity contribution < 1.29 is 4.79 Å². The number of carbonyl (C=O) groups is 1. The first-order valence-electron chi connectivity index (χ1n) is 8.13. The third kappa shape index (κ3) is 4.81. The molecule has 1 amide bonds. The topological polar surface area (TPSA) is 54.9 Å². The maximum Gasteiger partial charge on any atom is 0.232 e. The first kappa shape index (κ1) is 18.3. The summed E-state index contributed by atoms with van der Waals surface area (Å²) in [6, 6.07) is 11.8. The zero-order chi connectivity index (χ0) is 18.6. The highest BCUT2D eigenvalue weighted by atomic mass is 35.5. The van der Waals surface area contributed by atoms with Gasteiger partial charge in [-0.25, -0.2) is 9.97 Å². The van der Waals surface area contributed by atoms with Crippen LogP contribution in [0, 0.1) is 0 Å². The van der Waals surface area contributed by atoms with Gasteiger partial charge in [-0.1, -0.05) is 29.8 Å². The molecule has 0 spiro atoms. The van der Waals surface area contributed by atoms with E-state index in [0.717, 1.165) is 37.5 Å². The lowest BCUT2D eigenvalue weighted by molar-refractivity contribution is -0.115. The molecule has 3 heterocycles. The second-order valence-electron chi connectivity index (χ2n) is 5.78. The van der Waals surface area contributed by atoms with Gasteiger partial charge >= 0.3 is 0 Å². The molecule has 0 bridgehead atoms. The zero-order valence-electron chi connectivity index (χ0n) is 14.0. The number of hydrogen-bond acceptors (Lipinski definition) is 6. The maximum atomic E-state index is 12.3. The van der Waals surface area contributed by atoms with E-state index in [2.05, 4.69) is 15.3 Å². The number of halogens is 1. The fourth-order valence-corrected chi connectivity index (χ4v) is 5.10. The third-order valence-electron chi connectivity index (χ3n) is 3.72. The Kier molecular flexibility index (Phi) is 5.63. The molecule has 1 aromatic carbocycles. The maximum absolute atomic E-state index is 12.3. The molecule has 4 nitrogen and oxygen atoms in total. The Morgan fingerprint density at radius 1 is 1.15 bits per heavy atom. The molecule has 0 saturated carbocycles. The van der Waals surface area contributed by atoms with Crippen molar-refractivity contribution in [2.24, 2.45) is 0 Å². The van der Waals surface area contributed by atoms with Gasteiger partial charge in [0.25, 0.3) is 0 Å². The van der Waals surface area contributed by atoms with E-state index >= 15 is 0 Å². The van der Waals surface area contributed by atoms with E-state index in [1.165, 1.54) is 11.3 Å². The lowest BCUT2D eigenvalue weighted by Gasteiger charge is -1.99. The van der Waals surface area contributed by atoms with Gasteiger partial charge in [0.1, 0.15) is 5.01 Å². The highest BCUT2D eigenvalue weighted by molar-refractivity contribution is 7.20. The lowest BCUT2D eigenvalue weighted by atomic mass is 10.1. The smallest absolute Gasteiger partial charge is 0.232 e. The molecule has 3 aromatic heterocycles. The van der Waals surface area contributed by atoms with Crippen LogP contribution in [0.25, 0.3) is 9.88 Å². The van der Waals surface area contributed by atoms with Crippen LogP contribution in [0.4, 0.5) is 5.13 Å². The molecule has 0 radical (unpaired) electrons. The highest BCUT2D eigenvalue weighted by Gasteiger charge is 2.12. The number of aromatic nitrogens is 2. The molecule has 0 saturated heterocycles. The fraction of sp³-hybridized carbons (Fsp3) is 0.105. The number of carbonyl (C=O) groups excluding carboxylic acids is 1. The first-order chi connectivity index (χ1) is 13.2. The summed E-state index contributed by atoms with van der Waals surface area (Å²) in [7, 11) is 0. The van der Waals surface area contributed by atoms with Gasteiger partial charge in [-0.15, -0.1) is 34.0 Å². The number of amides is 1. The molecule has 0 unspecified atom stereocenters. The summed E-state index contributed by atoms with van der Waals surface area (Å²) in [5, 5.41) is 9.10. The van der Waals surface area contributed by atoms with Gasteiger partial charge in [-0.3, -0.25) is 4.79 Å². The van der Waals surface area contributed by atoms with Gasteiger partial charge in [0.2, 0.25) is 5.91 Å². The average Bonchev–Trinajstić information content (AvgIpc) is 3.39. The molecule has 0 fully saturated rings. The summed E-state index contributed by atoms with van der Waals surface area (Å²) in [4.78, 5) is 23.3. The first-order valence-corrected chi connectivity index (χ1v) is 11.1. The van der Waals surface area contributed by atoms with Crippen molar-refractivity contribution in [1.29, 1.82) is 0 Å². The van der Waals surface area contributed by atoms with Crippen molar-refractivity contribution in [3.63, 3.8) is 0 Å². The quantitative estimate of drug-likeness (QED) is 0.422. The van der Waals surface area contributed by atoms with Crippen LogP contribution in [0.2, 0.25) is 5.02 Å². The molecular formula is C19H14ClN3OS3. The molecule has 0 aliphatic rings. The van der Waals surface area contributed by atoms with E-state index in [4.69, 9.17) is 11.6 Å². The predicted octanol–water partition coefficient (Wildman–Crippen LogP) is 5.75. The second kappa shape index (κ2) is 8.31. The van der Waals surface area contributed by atoms with Crippen LogP contribution in [0.15, 0.2) is 53.4 Å². The molecular weight excluding hydrogens is 418 g/mol. The predicted molar refractivity (Wildman–Crippen MR) is 114 cm³/mol. The number of benzene rings is 1. The van der Waals surface area contributed by atoms with Gasteiger partial charge in [-0.05, 0) is 29.1 Å². The molecule has 0 aliphatic carbocycles. The number of thiazole rings is 2. The fourth-order valence-electron chi connectivity index (χ4n) is 2.48. The van der Waals surface area contributed by atoms with E-state index in [-0.39, 0.29) is 12.3 Å². The van der Waals surface area contributed by atoms with Crippen LogP contribution >= 0.6 is 45.6 Å². The lowest BCUT2D eigenvalue weighted by Crippen LogP contribution is -2.14. The molecule has 1 N–H and O–H groups in total. The SMILES string of the molecule is O=C(Cc1csc(-c2cccs2)n1)Nc1ncc(Cc2ccc(Cl)cc2)s1. The number of nitrogens with one attached hydrogen (secondary N) is 1. The van der Waals surface area contributed by atoms with E-state index in [1.54, 1.807) is 28.9 Å². The van der Waals surface area contributed by atoms with Crippen LogP contribution < -0.4 is 5.32 Å². The zero-order valence-corrected chi connectivity index (χ0v) is 17.2. The second-order valence-corrected chi connectivity index (χ2v) is 9.14. The van der Waals surface area contributed by atoms with Crippen molar-refractivity contribution >= 4 is 56.7 Å². The summed E-state index contributed by atoms with van der Waals surface area (Å²) in [5.74, 6) is -0.106. The summed E-state index contributed by atoms with van der Waals surface area (Å²) in [6.45, 7) is 0. The van der Waals surface area contributed by atoms with Crippen molar-refractivity contribution in [2.45, 2.75) is 12.8 Å². The van der Waals surface area contributed by atoms with Crippen molar-refractivity contribution in [3.05, 3.63) is 74.5 Å². The van der Waals surface area contributed by atoms with Crippen LogP contribution in [-0.2, 0) is 17.6 Å². The Morgan fingerprint density at radius 3 is 2.78 bits per heavy atom. The Labute approximate surface area is 173 Å². The van der Waals surface area contributed by atoms with Gasteiger partial charge in [-0.2, -0.15) is 0 Å². The highest BCUT2D eigenvalue weighted by Crippen LogP contribution is 2.28. The Bertz CT molecular complexity index is 1040. The molecule has 0 atom stereocenters. The van der Waals surface area contributed by atoms with E-state index in [0.29, 0.717) is 5.13 Å². The molecule has 4 aromatic rings. The minimum atomic E-state index is -0.106. The number of thiophene rings is 1. The van der Waals surface area contributed by atoms with Gasteiger partial charge in [0.05, 0.1) is 17.0 Å². The average molecular weight is 432 g/mol.